The van der Waals surface area contributed by atoms with Crippen LogP contribution in [0.2, 0.25) is 0 Å². The minimum atomic E-state index is -0.489. The minimum absolute atomic E-state index is 0.253. The Hall–Kier alpha value is -1.07. The quantitative estimate of drug-likeness (QED) is 0.740. The Labute approximate surface area is 148 Å². The molecule has 0 bridgehead atoms. The van der Waals surface area contributed by atoms with Crippen LogP contribution >= 0.6 is 15.9 Å². The molecule has 0 fully saturated rings. The molecule has 0 spiro atoms. The topological polar surface area (TPSA) is 50.4 Å². The summed E-state index contributed by atoms with van der Waals surface area (Å²) in [6.07, 6.45) is 0.588. The van der Waals surface area contributed by atoms with E-state index in [9.17, 15) is 4.79 Å². The van der Waals surface area contributed by atoms with Crippen molar-refractivity contribution >= 4 is 22.0 Å². The van der Waals surface area contributed by atoms with Crippen molar-refractivity contribution in [1.29, 1.82) is 0 Å². The molecule has 0 heterocycles. The first-order valence-corrected chi connectivity index (χ1v) is 8.82. The van der Waals surface area contributed by atoms with E-state index >= 15 is 0 Å². The number of nitrogens with one attached hydrogen (secondary N) is 2. The Morgan fingerprint density at radius 1 is 1.17 bits per heavy atom. The van der Waals surface area contributed by atoms with Gasteiger partial charge in [-0.05, 0) is 58.7 Å². The summed E-state index contributed by atoms with van der Waals surface area (Å²) in [6, 6.07) is 8.56. The highest BCUT2D eigenvalue weighted by Crippen LogP contribution is 2.20. The van der Waals surface area contributed by atoms with Gasteiger partial charge in [0.1, 0.15) is 5.60 Å². The lowest BCUT2D eigenvalue weighted by Crippen LogP contribution is -2.52. The smallest absolute Gasteiger partial charge is 0.408 e. The van der Waals surface area contributed by atoms with Crippen LogP contribution in [0.3, 0.4) is 0 Å². The maximum atomic E-state index is 11.9. The van der Waals surface area contributed by atoms with Gasteiger partial charge in [-0.15, -0.1) is 0 Å². The van der Waals surface area contributed by atoms with Gasteiger partial charge in [-0.2, -0.15) is 0 Å². The maximum absolute atomic E-state index is 11.9. The molecule has 1 amide bonds. The Balaban J connectivity index is 2.59. The first-order valence-electron chi connectivity index (χ1n) is 8.02. The van der Waals surface area contributed by atoms with Crippen LogP contribution < -0.4 is 10.6 Å². The van der Waals surface area contributed by atoms with Gasteiger partial charge in [0, 0.05) is 17.1 Å². The molecule has 0 aliphatic rings. The fourth-order valence-electron chi connectivity index (χ4n) is 2.20. The Bertz CT molecular complexity index is 507. The van der Waals surface area contributed by atoms with Crippen LogP contribution in [0.1, 0.15) is 59.6 Å². The van der Waals surface area contributed by atoms with E-state index in [0.29, 0.717) is 6.54 Å². The third-order valence-electron chi connectivity index (χ3n) is 3.31. The van der Waals surface area contributed by atoms with Gasteiger partial charge in [0.25, 0.3) is 0 Å². The lowest BCUT2D eigenvalue weighted by atomic mass is 10.0. The van der Waals surface area contributed by atoms with Crippen LogP contribution in [-0.4, -0.2) is 23.8 Å². The molecule has 0 radical (unpaired) electrons. The van der Waals surface area contributed by atoms with E-state index in [0.717, 1.165) is 10.9 Å². The molecule has 0 saturated carbocycles. The molecule has 4 nitrogen and oxygen atoms in total. The van der Waals surface area contributed by atoms with Crippen molar-refractivity contribution < 1.29 is 9.53 Å². The third-order valence-corrected chi connectivity index (χ3v) is 3.84. The molecule has 23 heavy (non-hydrogen) atoms. The molecule has 1 unspecified atom stereocenters. The number of rotatable bonds is 6. The van der Waals surface area contributed by atoms with Gasteiger partial charge < -0.3 is 15.4 Å². The van der Waals surface area contributed by atoms with Crippen LogP contribution in [0, 0.1) is 0 Å². The zero-order chi connectivity index (χ0) is 17.7. The number of carbonyl (C=O) groups is 1. The maximum Gasteiger partial charge on any atom is 0.408 e. The zero-order valence-electron chi connectivity index (χ0n) is 15.0. The predicted octanol–water partition coefficient (Wildman–Crippen LogP) is 4.79. The van der Waals surface area contributed by atoms with Crippen LogP contribution in [0.4, 0.5) is 4.79 Å². The van der Waals surface area contributed by atoms with Crippen molar-refractivity contribution in [3.63, 3.8) is 0 Å². The standard InChI is InChI=1S/C18H29BrN2O2/c1-7-15(13-8-10-14(19)11-9-13)20-12-18(5,6)21-16(22)23-17(2,3)4/h8-11,15,20H,7,12H2,1-6H3,(H,21,22). The molecule has 0 aliphatic carbocycles. The van der Waals surface area contributed by atoms with Gasteiger partial charge in [0.2, 0.25) is 0 Å². The number of hydrogen-bond donors (Lipinski definition) is 2. The van der Waals surface area contributed by atoms with Gasteiger partial charge in [0.15, 0.2) is 0 Å². The number of alkyl carbamates (subject to hydrolysis) is 1. The van der Waals surface area contributed by atoms with E-state index < -0.39 is 11.1 Å². The largest absolute Gasteiger partial charge is 0.444 e. The lowest BCUT2D eigenvalue weighted by Gasteiger charge is -2.30. The molecule has 1 aromatic rings. The highest BCUT2D eigenvalue weighted by Gasteiger charge is 2.25. The average molecular weight is 385 g/mol. The zero-order valence-corrected chi connectivity index (χ0v) is 16.6. The number of hydrogen-bond acceptors (Lipinski definition) is 3. The van der Waals surface area contributed by atoms with Crippen molar-refractivity contribution in [2.24, 2.45) is 0 Å². The van der Waals surface area contributed by atoms with Gasteiger partial charge in [-0.1, -0.05) is 35.0 Å². The first kappa shape index (κ1) is 20.0. The molecule has 1 atom stereocenters. The van der Waals surface area contributed by atoms with Crippen molar-refractivity contribution in [3.05, 3.63) is 34.3 Å². The molecular formula is C18H29BrN2O2. The van der Waals surface area contributed by atoms with Crippen molar-refractivity contribution in [3.8, 4) is 0 Å². The Morgan fingerprint density at radius 3 is 2.22 bits per heavy atom. The van der Waals surface area contributed by atoms with Crippen LogP contribution in [0.5, 0.6) is 0 Å². The average Bonchev–Trinajstić information content (AvgIpc) is 2.38. The fourth-order valence-corrected chi connectivity index (χ4v) is 2.46. The summed E-state index contributed by atoms with van der Waals surface area (Å²) in [5.74, 6) is 0. The normalized spacial score (nSPS) is 13.5. The van der Waals surface area contributed by atoms with Crippen LogP contribution in [-0.2, 0) is 4.74 Å². The summed E-state index contributed by atoms with van der Waals surface area (Å²) in [5.41, 5.74) is 0.353. The van der Waals surface area contributed by atoms with E-state index in [-0.39, 0.29) is 12.1 Å². The SMILES string of the molecule is CCC(NCC(C)(C)NC(=O)OC(C)(C)C)c1ccc(Br)cc1. The molecule has 2 N–H and O–H groups in total. The molecule has 0 aliphatic heterocycles. The van der Waals surface area contributed by atoms with Gasteiger partial charge in [0.05, 0.1) is 5.54 Å². The predicted molar refractivity (Wildman–Crippen MR) is 98.6 cm³/mol. The molecule has 1 aromatic carbocycles. The van der Waals surface area contributed by atoms with E-state index in [1.165, 1.54) is 5.56 Å². The van der Waals surface area contributed by atoms with Gasteiger partial charge >= 0.3 is 6.09 Å². The van der Waals surface area contributed by atoms with Crippen molar-refractivity contribution in [2.75, 3.05) is 6.54 Å². The fraction of sp³-hybridized carbons (Fsp3) is 0.611. The molecular weight excluding hydrogens is 356 g/mol. The summed E-state index contributed by atoms with van der Waals surface area (Å²) in [7, 11) is 0. The number of ether oxygens (including phenoxy) is 1. The van der Waals surface area contributed by atoms with Gasteiger partial charge in [-0.3, -0.25) is 0 Å². The van der Waals surface area contributed by atoms with Crippen molar-refractivity contribution in [2.45, 2.75) is 65.1 Å². The molecule has 5 heteroatoms. The second-order valence-corrected chi connectivity index (χ2v) is 8.32. The summed E-state index contributed by atoms with van der Waals surface area (Å²) in [4.78, 5) is 11.9. The third kappa shape index (κ3) is 7.84. The van der Waals surface area contributed by atoms with Crippen LogP contribution in [0.15, 0.2) is 28.7 Å². The number of carbonyl (C=O) groups excluding carboxylic acids is 1. The Morgan fingerprint density at radius 2 is 1.74 bits per heavy atom. The van der Waals surface area contributed by atoms with Crippen LogP contribution in [0.25, 0.3) is 0 Å². The second-order valence-electron chi connectivity index (χ2n) is 7.40. The number of halogens is 1. The van der Waals surface area contributed by atoms with E-state index in [4.69, 9.17) is 4.74 Å². The molecule has 1 rings (SSSR count). The minimum Gasteiger partial charge on any atom is -0.444 e. The van der Waals surface area contributed by atoms with Gasteiger partial charge in [-0.25, -0.2) is 4.79 Å². The molecule has 0 saturated heterocycles. The highest BCUT2D eigenvalue weighted by molar-refractivity contribution is 9.10. The Kier molecular flexibility index (Phi) is 7.08. The lowest BCUT2D eigenvalue weighted by molar-refractivity contribution is 0.0470. The highest BCUT2D eigenvalue weighted by atomic mass is 79.9. The van der Waals surface area contributed by atoms with E-state index in [1.54, 1.807) is 0 Å². The molecule has 130 valence electrons. The van der Waals surface area contributed by atoms with Crippen molar-refractivity contribution in [1.82, 2.24) is 10.6 Å². The number of benzene rings is 1. The van der Waals surface area contributed by atoms with E-state index in [2.05, 4.69) is 45.6 Å². The summed E-state index contributed by atoms with van der Waals surface area (Å²) >= 11 is 3.46. The number of amides is 1. The summed E-state index contributed by atoms with van der Waals surface area (Å²) in [6.45, 7) is 12.3. The van der Waals surface area contributed by atoms with E-state index in [1.807, 2.05) is 46.8 Å². The summed E-state index contributed by atoms with van der Waals surface area (Å²) in [5, 5.41) is 6.45. The summed E-state index contributed by atoms with van der Waals surface area (Å²) < 4.78 is 6.39. The first-order chi connectivity index (χ1) is 10.5. The monoisotopic (exact) mass is 384 g/mol. The second kappa shape index (κ2) is 8.15. The molecule has 0 aromatic heterocycles.